The number of carbonyl (C=O) groups excluding carboxylic acids is 2. The van der Waals surface area contributed by atoms with E-state index in [1.165, 1.54) is 6.42 Å². The van der Waals surface area contributed by atoms with Crippen LogP contribution in [0.2, 0.25) is 0 Å². The van der Waals surface area contributed by atoms with Gasteiger partial charge in [0.25, 0.3) is 0 Å². The highest BCUT2D eigenvalue weighted by Gasteiger charge is 2.68. The van der Waals surface area contributed by atoms with Crippen LogP contribution in [0, 0.1) is 23.2 Å². The van der Waals surface area contributed by atoms with Crippen molar-refractivity contribution in [3.8, 4) is 11.5 Å². The summed E-state index contributed by atoms with van der Waals surface area (Å²) in [5.41, 5.74) is 6.85. The van der Waals surface area contributed by atoms with Gasteiger partial charge in [0.2, 0.25) is 11.8 Å². The van der Waals surface area contributed by atoms with Crippen LogP contribution in [0.3, 0.4) is 0 Å². The lowest BCUT2D eigenvalue weighted by molar-refractivity contribution is -0.199. The predicted molar refractivity (Wildman–Crippen MR) is 146 cm³/mol. The van der Waals surface area contributed by atoms with E-state index in [0.29, 0.717) is 35.7 Å². The summed E-state index contributed by atoms with van der Waals surface area (Å²) in [5.74, 6) is 1.68. The van der Waals surface area contributed by atoms with E-state index >= 15 is 0 Å². The van der Waals surface area contributed by atoms with Gasteiger partial charge in [-0.1, -0.05) is 33.8 Å². The van der Waals surface area contributed by atoms with Gasteiger partial charge < -0.3 is 35.1 Å². The zero-order chi connectivity index (χ0) is 27.8. The first-order valence-electron chi connectivity index (χ1n) is 13.8. The molecule has 1 aromatic carbocycles. The number of nitrogens with two attached hydrogens (primary N) is 1. The molecule has 0 radical (unpaired) electrons. The second-order valence-corrected chi connectivity index (χ2v) is 12.4. The molecule has 1 aromatic rings. The van der Waals surface area contributed by atoms with Crippen LogP contribution in [0.25, 0.3) is 0 Å². The van der Waals surface area contributed by atoms with E-state index in [9.17, 15) is 9.59 Å². The Balaban J connectivity index is 1.32. The van der Waals surface area contributed by atoms with Crippen molar-refractivity contribution in [2.24, 2.45) is 28.9 Å². The van der Waals surface area contributed by atoms with Crippen molar-refractivity contribution >= 4 is 18.9 Å². The lowest BCUT2D eigenvalue weighted by Crippen LogP contribution is -2.65. The van der Waals surface area contributed by atoms with Crippen LogP contribution in [0.5, 0.6) is 11.5 Å². The maximum atomic E-state index is 13.1. The third-order valence-corrected chi connectivity index (χ3v) is 9.02. The average molecular weight is 529 g/mol. The van der Waals surface area contributed by atoms with Crippen molar-refractivity contribution in [2.45, 2.75) is 84.0 Å². The van der Waals surface area contributed by atoms with Crippen LogP contribution in [0.4, 0.5) is 0 Å². The highest BCUT2D eigenvalue weighted by atomic mass is 16.7. The lowest BCUT2D eigenvalue weighted by atomic mass is 9.43. The molecular formula is C28H44BN3O6. The number of hydrogen-bond acceptors (Lipinski definition) is 7. The van der Waals surface area contributed by atoms with Gasteiger partial charge in [-0.15, -0.1) is 0 Å². The normalized spacial score (nSPS) is 28.7. The van der Waals surface area contributed by atoms with E-state index in [1.807, 2.05) is 0 Å². The fourth-order valence-electron chi connectivity index (χ4n) is 6.66. The number of benzene rings is 1. The molecule has 3 saturated carbocycles. The molecule has 4 N–H and O–H groups in total. The summed E-state index contributed by atoms with van der Waals surface area (Å²) in [6.45, 7) is 11.1. The Morgan fingerprint density at radius 3 is 2.50 bits per heavy atom. The summed E-state index contributed by atoms with van der Waals surface area (Å²) in [6.07, 6.45) is 3.04. The number of ether oxygens (including phenoxy) is 2. The monoisotopic (exact) mass is 529 g/mol. The van der Waals surface area contributed by atoms with E-state index in [-0.39, 0.29) is 47.8 Å². The molecule has 38 heavy (non-hydrogen) atoms. The van der Waals surface area contributed by atoms with E-state index in [1.54, 1.807) is 32.4 Å². The zero-order valence-corrected chi connectivity index (χ0v) is 23.8. The molecule has 1 saturated heterocycles. The van der Waals surface area contributed by atoms with Gasteiger partial charge in [-0.3, -0.25) is 9.59 Å². The van der Waals surface area contributed by atoms with Gasteiger partial charge in [-0.25, -0.2) is 0 Å². The largest absolute Gasteiger partial charge is 0.493 e. The molecular weight excluding hydrogens is 485 g/mol. The quantitative estimate of drug-likeness (QED) is 0.377. The highest BCUT2D eigenvalue weighted by molar-refractivity contribution is 6.47. The molecule has 0 aromatic heterocycles. The molecule has 210 valence electrons. The summed E-state index contributed by atoms with van der Waals surface area (Å²) in [6, 6.07) is 4.41. The number of methoxy groups -OCH3 is 2. The van der Waals surface area contributed by atoms with E-state index < -0.39 is 13.2 Å². The Hall–Kier alpha value is -2.30. The Bertz CT molecular complexity index is 1040. The van der Waals surface area contributed by atoms with Gasteiger partial charge in [0.1, 0.15) is 6.04 Å². The molecule has 2 amide bonds. The SMILES string of the molecule is COc1ccc(CC(=O)NC[C@H](N)C(=O)N[C@@H](CC(C)C)B2O[C@@H]3C[C@H]4C[C@H](C4(C)C)[C@]3(C)O2)cc1OC. The smallest absolute Gasteiger partial charge is 0.481 e. The van der Waals surface area contributed by atoms with Crippen LogP contribution in [-0.4, -0.2) is 63.4 Å². The molecule has 2 bridgehead atoms. The summed E-state index contributed by atoms with van der Waals surface area (Å²) in [7, 11) is 2.59. The van der Waals surface area contributed by atoms with Crippen LogP contribution in [0.1, 0.15) is 59.4 Å². The van der Waals surface area contributed by atoms with Crippen molar-refractivity contribution in [1.29, 1.82) is 0 Å². The van der Waals surface area contributed by atoms with Crippen molar-refractivity contribution in [3.63, 3.8) is 0 Å². The first kappa shape index (κ1) is 28.7. The minimum absolute atomic E-state index is 0.0248. The van der Waals surface area contributed by atoms with Gasteiger partial charge in [0.15, 0.2) is 11.5 Å². The summed E-state index contributed by atoms with van der Waals surface area (Å²) in [5, 5.41) is 5.84. The van der Waals surface area contributed by atoms with E-state index in [0.717, 1.165) is 12.0 Å². The molecule has 1 heterocycles. The number of amides is 2. The molecule has 0 unspecified atom stereocenters. The van der Waals surface area contributed by atoms with E-state index in [4.69, 9.17) is 24.5 Å². The number of nitrogens with one attached hydrogen (secondary N) is 2. The van der Waals surface area contributed by atoms with Gasteiger partial charge in [0.05, 0.1) is 38.3 Å². The molecule has 6 atom stereocenters. The fraction of sp³-hybridized carbons (Fsp3) is 0.714. The summed E-state index contributed by atoms with van der Waals surface area (Å²) >= 11 is 0. The zero-order valence-electron chi connectivity index (χ0n) is 23.8. The van der Waals surface area contributed by atoms with Crippen LogP contribution < -0.4 is 25.8 Å². The first-order chi connectivity index (χ1) is 17.9. The molecule has 4 aliphatic rings. The van der Waals surface area contributed by atoms with Crippen molar-refractivity contribution < 1.29 is 28.4 Å². The van der Waals surface area contributed by atoms with Crippen molar-refractivity contribution in [1.82, 2.24) is 10.6 Å². The molecule has 3 aliphatic carbocycles. The van der Waals surface area contributed by atoms with Gasteiger partial charge >= 0.3 is 7.12 Å². The summed E-state index contributed by atoms with van der Waals surface area (Å²) in [4.78, 5) is 25.6. The maximum Gasteiger partial charge on any atom is 0.481 e. The maximum absolute atomic E-state index is 13.1. The second-order valence-electron chi connectivity index (χ2n) is 12.4. The van der Waals surface area contributed by atoms with E-state index in [2.05, 4.69) is 45.3 Å². The molecule has 4 fully saturated rings. The minimum atomic E-state index is -0.898. The topological polar surface area (TPSA) is 121 Å². The van der Waals surface area contributed by atoms with Crippen molar-refractivity contribution in [2.75, 3.05) is 20.8 Å². The van der Waals surface area contributed by atoms with Crippen LogP contribution >= 0.6 is 0 Å². The fourth-order valence-corrected chi connectivity index (χ4v) is 6.66. The Morgan fingerprint density at radius 2 is 1.87 bits per heavy atom. The lowest BCUT2D eigenvalue weighted by Gasteiger charge is -2.64. The number of carbonyl (C=O) groups is 2. The second kappa shape index (κ2) is 11.1. The Labute approximate surface area is 227 Å². The summed E-state index contributed by atoms with van der Waals surface area (Å²) < 4.78 is 23.6. The van der Waals surface area contributed by atoms with Crippen LogP contribution in [-0.2, 0) is 25.3 Å². The molecule has 10 heteroatoms. The van der Waals surface area contributed by atoms with Crippen molar-refractivity contribution in [3.05, 3.63) is 23.8 Å². The Morgan fingerprint density at radius 1 is 1.16 bits per heavy atom. The minimum Gasteiger partial charge on any atom is -0.493 e. The third kappa shape index (κ3) is 5.54. The molecule has 9 nitrogen and oxygen atoms in total. The van der Waals surface area contributed by atoms with Gasteiger partial charge in [-0.2, -0.15) is 0 Å². The van der Waals surface area contributed by atoms with Gasteiger partial charge in [0, 0.05) is 6.54 Å². The first-order valence-corrected chi connectivity index (χ1v) is 13.8. The Kier molecular flexibility index (Phi) is 8.36. The predicted octanol–water partition coefficient (Wildman–Crippen LogP) is 2.49. The van der Waals surface area contributed by atoms with Crippen LogP contribution in [0.15, 0.2) is 18.2 Å². The van der Waals surface area contributed by atoms with Gasteiger partial charge in [-0.05, 0) is 67.1 Å². The molecule has 5 rings (SSSR count). The molecule has 1 aliphatic heterocycles. The average Bonchev–Trinajstić information content (AvgIpc) is 3.23. The number of rotatable bonds is 11. The highest BCUT2D eigenvalue weighted by Crippen LogP contribution is 2.65. The third-order valence-electron chi connectivity index (χ3n) is 9.02. The standard InChI is InChI=1S/C28H44BN3O6/c1-16(2)10-24(29-37-23-14-18-13-22(27(18,3)4)28(23,5)38-29)32-26(34)19(30)15-31-25(33)12-17-8-9-20(35-6)21(11-17)36-7/h8-9,11,16,18-19,22-24H,10,12-15,30H2,1-7H3,(H,31,33)(H,32,34)/t18-,19+,22-,23-,24+,28+/m1/s1. The molecule has 0 spiro atoms. The number of hydrogen-bond donors (Lipinski definition) is 3.